The fourth-order valence-corrected chi connectivity index (χ4v) is 4.93. The molecule has 0 saturated carbocycles. The third-order valence-corrected chi connectivity index (χ3v) is 7.11. The van der Waals surface area contributed by atoms with Gasteiger partial charge in [0.25, 0.3) is 5.91 Å². The predicted octanol–water partition coefficient (Wildman–Crippen LogP) is 4.68. The second-order valence-corrected chi connectivity index (χ2v) is 9.46. The van der Waals surface area contributed by atoms with Gasteiger partial charge in [-0.3, -0.25) is 4.79 Å². The SMILES string of the molecule is CCCCCCOc1ccc(C(=O)Nc2ccc(S(=O)(=O)N3CCCC3)cc2)cc1. The number of unbranched alkanes of at least 4 members (excludes halogenated alkanes) is 3. The summed E-state index contributed by atoms with van der Waals surface area (Å²) in [5.41, 5.74) is 1.07. The summed E-state index contributed by atoms with van der Waals surface area (Å²) in [6.45, 7) is 3.99. The van der Waals surface area contributed by atoms with Crippen molar-refractivity contribution in [2.75, 3.05) is 25.0 Å². The summed E-state index contributed by atoms with van der Waals surface area (Å²) in [5, 5.41) is 2.80. The summed E-state index contributed by atoms with van der Waals surface area (Å²) < 4.78 is 32.4. The highest BCUT2D eigenvalue weighted by atomic mass is 32.2. The lowest BCUT2D eigenvalue weighted by molar-refractivity contribution is 0.102. The second-order valence-electron chi connectivity index (χ2n) is 7.52. The van der Waals surface area contributed by atoms with Gasteiger partial charge in [0.05, 0.1) is 11.5 Å². The molecule has 1 saturated heterocycles. The van der Waals surface area contributed by atoms with E-state index in [0.29, 0.717) is 30.9 Å². The number of carbonyl (C=O) groups is 1. The molecule has 3 rings (SSSR count). The average molecular weight is 431 g/mol. The number of ether oxygens (including phenoxy) is 1. The predicted molar refractivity (Wildman–Crippen MR) is 118 cm³/mol. The van der Waals surface area contributed by atoms with Crippen molar-refractivity contribution in [3.63, 3.8) is 0 Å². The molecule has 6 nitrogen and oxygen atoms in total. The summed E-state index contributed by atoms with van der Waals surface area (Å²) >= 11 is 0. The van der Waals surface area contributed by atoms with E-state index in [-0.39, 0.29) is 10.8 Å². The minimum absolute atomic E-state index is 0.250. The summed E-state index contributed by atoms with van der Waals surface area (Å²) in [7, 11) is -3.45. The van der Waals surface area contributed by atoms with Crippen molar-refractivity contribution in [1.82, 2.24) is 4.31 Å². The van der Waals surface area contributed by atoms with Crippen LogP contribution in [0.2, 0.25) is 0 Å². The summed E-state index contributed by atoms with van der Waals surface area (Å²) in [4.78, 5) is 12.7. The Bertz CT molecular complexity index is 919. The van der Waals surface area contributed by atoms with Crippen LogP contribution in [0.4, 0.5) is 5.69 Å². The molecular formula is C23H30N2O4S. The Hall–Kier alpha value is -2.38. The Morgan fingerprint density at radius 2 is 1.63 bits per heavy atom. The van der Waals surface area contributed by atoms with Crippen LogP contribution in [0.3, 0.4) is 0 Å². The molecule has 30 heavy (non-hydrogen) atoms. The van der Waals surface area contributed by atoms with Gasteiger partial charge in [-0.1, -0.05) is 26.2 Å². The quantitative estimate of drug-likeness (QED) is 0.555. The third kappa shape index (κ3) is 5.83. The van der Waals surface area contributed by atoms with Crippen molar-refractivity contribution in [2.45, 2.75) is 50.3 Å². The van der Waals surface area contributed by atoms with Crippen molar-refractivity contribution < 1.29 is 17.9 Å². The van der Waals surface area contributed by atoms with E-state index in [1.54, 1.807) is 48.5 Å². The van der Waals surface area contributed by atoms with E-state index in [2.05, 4.69) is 12.2 Å². The number of sulfonamides is 1. The molecule has 162 valence electrons. The van der Waals surface area contributed by atoms with Crippen LogP contribution in [0.5, 0.6) is 5.75 Å². The van der Waals surface area contributed by atoms with Gasteiger partial charge in [0.1, 0.15) is 5.75 Å². The Morgan fingerprint density at radius 3 is 2.27 bits per heavy atom. The van der Waals surface area contributed by atoms with Crippen molar-refractivity contribution in [1.29, 1.82) is 0 Å². The zero-order valence-electron chi connectivity index (χ0n) is 17.5. The van der Waals surface area contributed by atoms with E-state index in [4.69, 9.17) is 4.74 Å². The number of nitrogens with one attached hydrogen (secondary N) is 1. The second kappa shape index (κ2) is 10.6. The normalized spacial score (nSPS) is 14.6. The van der Waals surface area contributed by atoms with Gasteiger partial charge in [0.15, 0.2) is 0 Å². The van der Waals surface area contributed by atoms with Gasteiger partial charge in [0.2, 0.25) is 10.0 Å². The third-order valence-electron chi connectivity index (χ3n) is 5.20. The lowest BCUT2D eigenvalue weighted by Crippen LogP contribution is -2.27. The topological polar surface area (TPSA) is 75.7 Å². The van der Waals surface area contributed by atoms with Crippen molar-refractivity contribution in [3.8, 4) is 5.75 Å². The first-order chi connectivity index (χ1) is 14.5. The zero-order valence-corrected chi connectivity index (χ0v) is 18.3. The highest BCUT2D eigenvalue weighted by Crippen LogP contribution is 2.22. The van der Waals surface area contributed by atoms with Crippen LogP contribution in [0.25, 0.3) is 0 Å². The molecule has 2 aromatic rings. The minimum Gasteiger partial charge on any atom is -0.494 e. The van der Waals surface area contributed by atoms with Crippen LogP contribution in [-0.4, -0.2) is 38.3 Å². The number of anilines is 1. The average Bonchev–Trinajstić information content (AvgIpc) is 3.30. The van der Waals surface area contributed by atoms with Gasteiger partial charge in [-0.05, 0) is 67.8 Å². The molecule has 0 aliphatic carbocycles. The van der Waals surface area contributed by atoms with E-state index in [1.165, 1.54) is 17.1 Å². The molecule has 0 aromatic heterocycles. The molecule has 1 amide bonds. The fourth-order valence-electron chi connectivity index (χ4n) is 3.41. The number of nitrogens with zero attached hydrogens (tertiary/aromatic N) is 1. The Balaban J connectivity index is 1.54. The lowest BCUT2D eigenvalue weighted by atomic mass is 10.2. The van der Waals surface area contributed by atoms with Gasteiger partial charge in [-0.2, -0.15) is 4.31 Å². The van der Waals surface area contributed by atoms with Gasteiger partial charge >= 0.3 is 0 Å². The standard InChI is InChI=1S/C23H30N2O4S/c1-2-3-4-7-18-29-21-12-8-19(9-13-21)23(26)24-20-10-14-22(15-11-20)30(27,28)25-16-5-6-17-25/h8-15H,2-7,16-18H2,1H3,(H,24,26). The van der Waals surface area contributed by atoms with Crippen LogP contribution < -0.4 is 10.1 Å². The highest BCUT2D eigenvalue weighted by molar-refractivity contribution is 7.89. The number of amides is 1. The zero-order chi connectivity index (χ0) is 21.4. The van der Waals surface area contributed by atoms with Crippen LogP contribution in [0, 0.1) is 0 Å². The molecule has 2 aromatic carbocycles. The molecule has 0 bridgehead atoms. The summed E-state index contributed by atoms with van der Waals surface area (Å²) in [6, 6.07) is 13.4. The van der Waals surface area contributed by atoms with E-state index < -0.39 is 10.0 Å². The summed E-state index contributed by atoms with van der Waals surface area (Å²) in [6.07, 6.45) is 6.40. The highest BCUT2D eigenvalue weighted by Gasteiger charge is 2.26. The maximum Gasteiger partial charge on any atom is 0.255 e. The van der Waals surface area contributed by atoms with Gasteiger partial charge in [0, 0.05) is 24.3 Å². The van der Waals surface area contributed by atoms with Crippen molar-refractivity contribution >= 4 is 21.6 Å². The van der Waals surface area contributed by atoms with Crippen LogP contribution in [-0.2, 0) is 10.0 Å². The van der Waals surface area contributed by atoms with Crippen LogP contribution >= 0.6 is 0 Å². The summed E-state index contributed by atoms with van der Waals surface area (Å²) in [5.74, 6) is 0.499. The molecule has 1 aliphatic rings. The maximum absolute atomic E-state index is 12.6. The fraction of sp³-hybridized carbons (Fsp3) is 0.435. The van der Waals surface area contributed by atoms with E-state index in [0.717, 1.165) is 31.4 Å². The first-order valence-electron chi connectivity index (χ1n) is 10.6. The number of hydrogen-bond acceptors (Lipinski definition) is 4. The largest absolute Gasteiger partial charge is 0.494 e. The van der Waals surface area contributed by atoms with Gasteiger partial charge < -0.3 is 10.1 Å². The molecule has 0 radical (unpaired) electrons. The molecule has 7 heteroatoms. The Morgan fingerprint density at radius 1 is 0.967 bits per heavy atom. The smallest absolute Gasteiger partial charge is 0.255 e. The maximum atomic E-state index is 12.6. The monoisotopic (exact) mass is 430 g/mol. The minimum atomic E-state index is -3.45. The number of rotatable bonds is 10. The molecule has 1 aliphatic heterocycles. The molecule has 0 spiro atoms. The molecule has 0 atom stereocenters. The number of carbonyl (C=O) groups excluding carboxylic acids is 1. The van der Waals surface area contributed by atoms with Gasteiger partial charge in [-0.25, -0.2) is 8.42 Å². The molecule has 1 heterocycles. The van der Waals surface area contributed by atoms with E-state index >= 15 is 0 Å². The first-order valence-corrected chi connectivity index (χ1v) is 12.1. The van der Waals surface area contributed by atoms with Gasteiger partial charge in [-0.15, -0.1) is 0 Å². The van der Waals surface area contributed by atoms with E-state index in [1.807, 2.05) is 0 Å². The van der Waals surface area contributed by atoms with Crippen LogP contribution in [0.15, 0.2) is 53.4 Å². The Kier molecular flexibility index (Phi) is 7.87. The lowest BCUT2D eigenvalue weighted by Gasteiger charge is -2.15. The molecular weight excluding hydrogens is 400 g/mol. The number of hydrogen-bond donors (Lipinski definition) is 1. The number of benzene rings is 2. The molecule has 1 N–H and O–H groups in total. The molecule has 0 unspecified atom stereocenters. The van der Waals surface area contributed by atoms with E-state index in [9.17, 15) is 13.2 Å². The molecule has 1 fully saturated rings. The Labute approximate surface area is 179 Å². The van der Waals surface area contributed by atoms with Crippen molar-refractivity contribution in [3.05, 3.63) is 54.1 Å². The van der Waals surface area contributed by atoms with Crippen molar-refractivity contribution in [2.24, 2.45) is 0 Å². The first kappa shape index (κ1) is 22.3. The van der Waals surface area contributed by atoms with Crippen LogP contribution in [0.1, 0.15) is 55.8 Å².